The van der Waals surface area contributed by atoms with Crippen LogP contribution in [0.3, 0.4) is 0 Å². The molecule has 0 spiro atoms. The Morgan fingerprint density at radius 2 is 1.97 bits per heavy atom. The van der Waals surface area contributed by atoms with Crippen LogP contribution in [0.25, 0.3) is 16.6 Å². The number of anilines is 1. The summed E-state index contributed by atoms with van der Waals surface area (Å²) in [7, 11) is 0. The van der Waals surface area contributed by atoms with E-state index in [2.05, 4.69) is 13.8 Å². The Hall–Kier alpha value is -3.15. The van der Waals surface area contributed by atoms with Crippen LogP contribution >= 0.6 is 0 Å². The highest BCUT2D eigenvalue weighted by molar-refractivity contribution is 5.98. The Bertz CT molecular complexity index is 1120. The second-order valence-electron chi connectivity index (χ2n) is 7.86. The Labute approximate surface area is 169 Å². The van der Waals surface area contributed by atoms with Crippen LogP contribution in [0.5, 0.6) is 0 Å². The first-order chi connectivity index (χ1) is 13.6. The Kier molecular flexibility index (Phi) is 5.46. The van der Waals surface area contributed by atoms with Gasteiger partial charge in [0.25, 0.3) is 0 Å². The second-order valence-corrected chi connectivity index (χ2v) is 7.86. The predicted octanol–water partition coefficient (Wildman–Crippen LogP) is 5.36. The molecule has 29 heavy (non-hydrogen) atoms. The molecule has 5 nitrogen and oxygen atoms in total. The molecule has 0 aliphatic heterocycles. The fourth-order valence-electron chi connectivity index (χ4n) is 4.03. The molecule has 2 aromatic carbocycles. The van der Waals surface area contributed by atoms with E-state index >= 15 is 0 Å². The summed E-state index contributed by atoms with van der Waals surface area (Å²) in [5, 5.41) is 17.9. The van der Waals surface area contributed by atoms with Gasteiger partial charge in [-0.05, 0) is 60.2 Å². The van der Waals surface area contributed by atoms with Crippen molar-refractivity contribution in [3.05, 3.63) is 58.5 Å². The van der Waals surface area contributed by atoms with Crippen molar-refractivity contribution in [2.45, 2.75) is 46.0 Å². The van der Waals surface area contributed by atoms with Crippen molar-refractivity contribution in [3.63, 3.8) is 0 Å². The first kappa shape index (κ1) is 20.6. The minimum absolute atomic E-state index is 0.00644. The maximum Gasteiger partial charge on any atom is 0.303 e. The van der Waals surface area contributed by atoms with Crippen molar-refractivity contribution in [3.8, 4) is 5.69 Å². The number of benzene rings is 2. The van der Waals surface area contributed by atoms with Gasteiger partial charge in [-0.25, -0.2) is 4.39 Å². The number of hydrogen-bond donors (Lipinski definition) is 3. The Morgan fingerprint density at radius 3 is 2.52 bits per heavy atom. The summed E-state index contributed by atoms with van der Waals surface area (Å²) in [4.78, 5) is 11.4. The van der Waals surface area contributed by atoms with Gasteiger partial charge >= 0.3 is 5.97 Å². The summed E-state index contributed by atoms with van der Waals surface area (Å²) >= 11 is 0. The first-order valence-electron chi connectivity index (χ1n) is 9.62. The number of halogens is 1. The van der Waals surface area contributed by atoms with Crippen LogP contribution < -0.4 is 5.73 Å². The van der Waals surface area contributed by atoms with E-state index in [0.29, 0.717) is 16.8 Å². The number of fused-ring (bicyclic) bond motifs is 1. The van der Waals surface area contributed by atoms with E-state index in [1.165, 1.54) is 12.3 Å². The highest BCUT2D eigenvalue weighted by atomic mass is 19.1. The fourth-order valence-corrected chi connectivity index (χ4v) is 4.03. The lowest BCUT2D eigenvalue weighted by atomic mass is 9.90. The minimum Gasteiger partial charge on any atom is -0.481 e. The average Bonchev–Trinajstić information content (AvgIpc) is 2.97. The molecule has 1 heterocycles. The number of nitrogens with two attached hydrogens (primary N) is 1. The molecule has 0 aliphatic carbocycles. The Morgan fingerprint density at radius 1 is 1.28 bits per heavy atom. The van der Waals surface area contributed by atoms with Crippen LogP contribution in [0.15, 0.2) is 30.3 Å². The Balaban J connectivity index is 2.47. The van der Waals surface area contributed by atoms with Crippen molar-refractivity contribution in [1.29, 1.82) is 5.41 Å². The molecule has 6 heteroatoms. The smallest absolute Gasteiger partial charge is 0.303 e. The highest BCUT2D eigenvalue weighted by Crippen LogP contribution is 2.41. The molecule has 0 saturated heterocycles. The third-order valence-electron chi connectivity index (χ3n) is 5.32. The van der Waals surface area contributed by atoms with Gasteiger partial charge in [-0.3, -0.25) is 4.79 Å². The summed E-state index contributed by atoms with van der Waals surface area (Å²) in [6.07, 6.45) is 1.20. The van der Waals surface area contributed by atoms with E-state index < -0.39 is 5.97 Å². The van der Waals surface area contributed by atoms with Gasteiger partial charge in [0, 0.05) is 34.2 Å². The van der Waals surface area contributed by atoms with Gasteiger partial charge < -0.3 is 20.8 Å². The lowest BCUT2D eigenvalue weighted by Crippen LogP contribution is -2.09. The number of hydrogen-bond acceptors (Lipinski definition) is 3. The van der Waals surface area contributed by atoms with E-state index in [1.54, 1.807) is 19.1 Å². The normalized spacial score (nSPS) is 12.5. The molecule has 0 bridgehead atoms. The van der Waals surface area contributed by atoms with Crippen molar-refractivity contribution in [2.75, 3.05) is 5.73 Å². The summed E-state index contributed by atoms with van der Waals surface area (Å²) in [5.41, 5.74) is 11.3. The van der Waals surface area contributed by atoms with E-state index in [9.17, 15) is 14.3 Å². The lowest BCUT2D eigenvalue weighted by molar-refractivity contribution is -0.137. The standard InChI is InChI=1S/C23H26FN3O2/c1-12(2)23-22(14(4)8-21(28)29)17-10-19(26)15(11-25)9-20(17)27(23)16-5-6-18(24)13(3)7-16/h5-7,9-12,14,25H,8,26H2,1-4H3,(H,28,29). The molecule has 3 aromatic rings. The summed E-state index contributed by atoms with van der Waals surface area (Å²) in [6, 6.07) is 8.61. The topological polar surface area (TPSA) is 92.1 Å². The van der Waals surface area contributed by atoms with E-state index in [1.807, 2.05) is 23.6 Å². The first-order valence-corrected chi connectivity index (χ1v) is 9.62. The molecule has 1 atom stereocenters. The molecule has 3 rings (SSSR count). The molecule has 1 aromatic heterocycles. The quantitative estimate of drug-likeness (QED) is 0.387. The third-order valence-corrected chi connectivity index (χ3v) is 5.32. The molecule has 1 unspecified atom stereocenters. The van der Waals surface area contributed by atoms with Crippen LogP contribution in [0.2, 0.25) is 0 Å². The maximum absolute atomic E-state index is 13.9. The summed E-state index contributed by atoms with van der Waals surface area (Å²) in [6.45, 7) is 7.72. The molecule has 0 radical (unpaired) electrons. The molecule has 0 saturated carbocycles. The fraction of sp³-hybridized carbons (Fsp3) is 0.304. The number of aryl methyl sites for hydroxylation is 1. The zero-order valence-electron chi connectivity index (χ0n) is 17.1. The van der Waals surface area contributed by atoms with E-state index in [0.717, 1.165) is 27.8 Å². The molecule has 4 N–H and O–H groups in total. The molecular formula is C23H26FN3O2. The molecular weight excluding hydrogens is 369 g/mol. The van der Waals surface area contributed by atoms with Gasteiger partial charge in [0.2, 0.25) is 0 Å². The zero-order chi connectivity index (χ0) is 21.5. The number of nitrogen functional groups attached to an aromatic ring is 1. The van der Waals surface area contributed by atoms with Gasteiger partial charge in [0.15, 0.2) is 0 Å². The van der Waals surface area contributed by atoms with E-state index in [4.69, 9.17) is 11.1 Å². The number of carboxylic acids is 1. The van der Waals surface area contributed by atoms with Crippen LogP contribution in [0.1, 0.15) is 61.4 Å². The highest BCUT2D eigenvalue weighted by Gasteiger charge is 2.26. The SMILES string of the molecule is Cc1cc(-n2c(C(C)C)c(C(C)CC(=O)O)c3cc(N)c(C=N)cc32)ccc1F. The van der Waals surface area contributed by atoms with Crippen LogP contribution in [0.4, 0.5) is 10.1 Å². The van der Waals surface area contributed by atoms with Crippen LogP contribution in [-0.2, 0) is 4.79 Å². The summed E-state index contributed by atoms with van der Waals surface area (Å²) in [5.74, 6) is -1.29. The van der Waals surface area contributed by atoms with Crippen LogP contribution in [0, 0.1) is 18.2 Å². The van der Waals surface area contributed by atoms with E-state index in [-0.39, 0.29) is 24.1 Å². The number of nitrogens with one attached hydrogen (secondary N) is 1. The van der Waals surface area contributed by atoms with Gasteiger partial charge in [-0.2, -0.15) is 0 Å². The van der Waals surface area contributed by atoms with Crippen molar-refractivity contribution in [2.24, 2.45) is 0 Å². The number of nitrogens with zero attached hydrogens (tertiary/aromatic N) is 1. The maximum atomic E-state index is 13.9. The minimum atomic E-state index is -0.866. The number of rotatable bonds is 6. The molecule has 152 valence electrons. The van der Waals surface area contributed by atoms with Crippen LogP contribution in [-0.4, -0.2) is 21.9 Å². The summed E-state index contributed by atoms with van der Waals surface area (Å²) < 4.78 is 16.0. The molecule has 0 fully saturated rings. The largest absolute Gasteiger partial charge is 0.481 e. The van der Waals surface area contributed by atoms with Crippen molar-refractivity contribution < 1.29 is 14.3 Å². The number of aliphatic carboxylic acids is 1. The van der Waals surface area contributed by atoms with Crippen molar-refractivity contribution >= 4 is 28.8 Å². The number of carboxylic acid groups (broad SMARTS) is 1. The van der Waals surface area contributed by atoms with Gasteiger partial charge in [-0.1, -0.05) is 20.8 Å². The predicted molar refractivity (Wildman–Crippen MR) is 115 cm³/mol. The lowest BCUT2D eigenvalue weighted by Gasteiger charge is -2.18. The second kappa shape index (κ2) is 7.70. The van der Waals surface area contributed by atoms with Gasteiger partial charge in [0.1, 0.15) is 5.82 Å². The van der Waals surface area contributed by atoms with Gasteiger partial charge in [0.05, 0.1) is 11.9 Å². The zero-order valence-corrected chi connectivity index (χ0v) is 17.1. The average molecular weight is 395 g/mol. The number of aromatic nitrogens is 1. The number of carbonyl (C=O) groups is 1. The van der Waals surface area contributed by atoms with Gasteiger partial charge in [-0.15, -0.1) is 0 Å². The third kappa shape index (κ3) is 3.62. The molecule has 0 amide bonds. The molecule has 0 aliphatic rings. The van der Waals surface area contributed by atoms with Crippen molar-refractivity contribution in [1.82, 2.24) is 4.57 Å². The monoisotopic (exact) mass is 395 g/mol.